The highest BCUT2D eigenvalue weighted by Gasteiger charge is 2.27. The van der Waals surface area contributed by atoms with Gasteiger partial charge in [-0.3, -0.25) is 0 Å². The van der Waals surface area contributed by atoms with Gasteiger partial charge >= 0.3 is 0 Å². The van der Waals surface area contributed by atoms with Gasteiger partial charge in [-0.1, -0.05) is 18.2 Å². The Morgan fingerprint density at radius 1 is 1.35 bits per heavy atom. The lowest BCUT2D eigenvalue weighted by atomic mass is 10.1. The van der Waals surface area contributed by atoms with Crippen LogP contribution in [0.5, 0.6) is 5.75 Å². The standard InChI is InChI=1S/C18H29N3O3S.HI/c1-4-19-18(21-12-16-9-10-25(22,23)13-16)20-11-15(3)24-17-8-6-5-7-14(17)2;/h5-8,15-16H,4,9-13H2,1-3H3,(H2,19,20,21);1H. The van der Waals surface area contributed by atoms with Gasteiger partial charge in [-0.25, -0.2) is 13.4 Å². The van der Waals surface area contributed by atoms with Crippen molar-refractivity contribution in [1.29, 1.82) is 0 Å². The van der Waals surface area contributed by atoms with Gasteiger partial charge in [0.1, 0.15) is 11.9 Å². The average Bonchev–Trinajstić information content (AvgIpc) is 2.91. The van der Waals surface area contributed by atoms with Crippen molar-refractivity contribution in [2.24, 2.45) is 10.9 Å². The Morgan fingerprint density at radius 2 is 2.08 bits per heavy atom. The first kappa shape index (κ1) is 23.0. The summed E-state index contributed by atoms with van der Waals surface area (Å²) in [4.78, 5) is 4.56. The molecule has 1 fully saturated rings. The van der Waals surface area contributed by atoms with Crippen LogP contribution in [0.4, 0.5) is 0 Å². The molecule has 0 bridgehead atoms. The average molecular weight is 495 g/mol. The van der Waals surface area contributed by atoms with Gasteiger partial charge in [-0.2, -0.15) is 0 Å². The van der Waals surface area contributed by atoms with Gasteiger partial charge in [-0.05, 0) is 44.7 Å². The number of halogens is 1. The van der Waals surface area contributed by atoms with Gasteiger partial charge in [0.2, 0.25) is 0 Å². The van der Waals surface area contributed by atoms with Gasteiger partial charge in [0, 0.05) is 13.1 Å². The number of ether oxygens (including phenoxy) is 1. The molecule has 0 amide bonds. The molecule has 8 heteroatoms. The Bertz CT molecular complexity index is 695. The summed E-state index contributed by atoms with van der Waals surface area (Å²) in [6.07, 6.45) is 0.671. The van der Waals surface area contributed by atoms with Crippen LogP contribution in [0.1, 0.15) is 25.8 Å². The van der Waals surface area contributed by atoms with Crippen molar-refractivity contribution in [3.05, 3.63) is 29.8 Å². The lowest BCUT2D eigenvalue weighted by Gasteiger charge is -2.17. The molecule has 0 saturated carbocycles. The molecular formula is C18H30IN3O3S. The number of rotatable bonds is 7. The maximum absolute atomic E-state index is 11.5. The van der Waals surface area contributed by atoms with E-state index in [4.69, 9.17) is 4.74 Å². The smallest absolute Gasteiger partial charge is 0.191 e. The summed E-state index contributed by atoms with van der Waals surface area (Å²) in [6.45, 7) is 7.91. The van der Waals surface area contributed by atoms with E-state index in [1.165, 1.54) is 0 Å². The van der Waals surface area contributed by atoms with E-state index in [0.717, 1.165) is 24.3 Å². The van der Waals surface area contributed by atoms with Crippen LogP contribution in [0.25, 0.3) is 0 Å². The van der Waals surface area contributed by atoms with Crippen LogP contribution >= 0.6 is 24.0 Å². The van der Waals surface area contributed by atoms with E-state index in [1.807, 2.05) is 45.0 Å². The molecule has 1 aliphatic heterocycles. The number of hydrogen-bond acceptors (Lipinski definition) is 4. The molecule has 0 radical (unpaired) electrons. The summed E-state index contributed by atoms with van der Waals surface area (Å²) in [6, 6.07) is 7.92. The molecule has 2 rings (SSSR count). The first-order chi connectivity index (χ1) is 11.9. The fraction of sp³-hybridized carbons (Fsp3) is 0.611. The van der Waals surface area contributed by atoms with E-state index in [2.05, 4.69) is 15.6 Å². The SMILES string of the molecule is CCNC(=NCC(C)Oc1ccccc1C)NCC1CCS(=O)(=O)C1.I. The van der Waals surface area contributed by atoms with Crippen LogP contribution in [0.3, 0.4) is 0 Å². The molecule has 2 N–H and O–H groups in total. The third kappa shape index (κ3) is 7.69. The molecule has 6 nitrogen and oxygen atoms in total. The Morgan fingerprint density at radius 3 is 2.69 bits per heavy atom. The lowest BCUT2D eigenvalue weighted by molar-refractivity contribution is 0.228. The Kier molecular flexibility index (Phi) is 9.70. The van der Waals surface area contributed by atoms with Crippen molar-refractivity contribution >= 4 is 39.8 Å². The van der Waals surface area contributed by atoms with E-state index in [1.54, 1.807) is 0 Å². The summed E-state index contributed by atoms with van der Waals surface area (Å²) < 4.78 is 29.0. The third-order valence-corrected chi connectivity index (χ3v) is 5.99. The second-order valence-electron chi connectivity index (χ2n) is 6.56. The lowest BCUT2D eigenvalue weighted by Crippen LogP contribution is -2.40. The predicted octanol–water partition coefficient (Wildman–Crippen LogP) is 2.37. The zero-order valence-electron chi connectivity index (χ0n) is 15.7. The van der Waals surface area contributed by atoms with Crippen molar-refractivity contribution in [2.45, 2.75) is 33.3 Å². The van der Waals surface area contributed by atoms with Crippen LogP contribution in [0.15, 0.2) is 29.3 Å². The molecule has 1 saturated heterocycles. The van der Waals surface area contributed by atoms with Crippen LogP contribution < -0.4 is 15.4 Å². The largest absolute Gasteiger partial charge is 0.489 e. The molecule has 2 unspecified atom stereocenters. The van der Waals surface area contributed by atoms with Gasteiger partial charge in [-0.15, -0.1) is 24.0 Å². The van der Waals surface area contributed by atoms with Gasteiger partial charge in [0.25, 0.3) is 0 Å². The summed E-state index contributed by atoms with van der Waals surface area (Å²) in [5.41, 5.74) is 1.10. The van der Waals surface area contributed by atoms with Crippen molar-refractivity contribution < 1.29 is 13.2 Å². The van der Waals surface area contributed by atoms with Crippen molar-refractivity contribution in [3.8, 4) is 5.75 Å². The fourth-order valence-electron chi connectivity index (χ4n) is 2.78. The topological polar surface area (TPSA) is 79.8 Å². The van der Waals surface area contributed by atoms with E-state index in [9.17, 15) is 8.42 Å². The Hall–Kier alpha value is -1.03. The van der Waals surface area contributed by atoms with Crippen LogP contribution in [0.2, 0.25) is 0 Å². The normalized spacial score (nSPS) is 20.1. The molecule has 26 heavy (non-hydrogen) atoms. The Labute approximate surface area is 174 Å². The molecule has 1 heterocycles. The summed E-state index contributed by atoms with van der Waals surface area (Å²) in [7, 11) is -2.84. The number of nitrogens with one attached hydrogen (secondary N) is 2. The van der Waals surface area contributed by atoms with Crippen molar-refractivity contribution in [2.75, 3.05) is 31.1 Å². The molecule has 1 aromatic carbocycles. The predicted molar refractivity (Wildman–Crippen MR) is 117 cm³/mol. The molecule has 0 aliphatic carbocycles. The molecule has 0 aromatic heterocycles. The minimum absolute atomic E-state index is 0. The molecular weight excluding hydrogens is 465 g/mol. The van der Waals surface area contributed by atoms with Crippen molar-refractivity contribution in [3.63, 3.8) is 0 Å². The van der Waals surface area contributed by atoms with Gasteiger partial charge in [0.15, 0.2) is 15.8 Å². The molecule has 2 atom stereocenters. The summed E-state index contributed by atoms with van der Waals surface area (Å²) >= 11 is 0. The number of nitrogens with zero attached hydrogens (tertiary/aromatic N) is 1. The zero-order chi connectivity index (χ0) is 18.3. The molecule has 148 valence electrons. The number of aliphatic imine (C=N–C) groups is 1. The van der Waals surface area contributed by atoms with E-state index in [0.29, 0.717) is 24.8 Å². The highest BCUT2D eigenvalue weighted by molar-refractivity contribution is 14.0. The minimum atomic E-state index is -2.84. The van der Waals surface area contributed by atoms with E-state index < -0.39 is 9.84 Å². The number of benzene rings is 1. The quantitative estimate of drug-likeness (QED) is 0.345. The highest BCUT2D eigenvalue weighted by Crippen LogP contribution is 2.18. The first-order valence-corrected chi connectivity index (χ1v) is 10.7. The molecule has 0 spiro atoms. The number of aryl methyl sites for hydroxylation is 1. The van der Waals surface area contributed by atoms with Crippen LogP contribution in [-0.2, 0) is 9.84 Å². The summed E-state index contributed by atoms with van der Waals surface area (Å²) in [5.74, 6) is 2.31. The van der Waals surface area contributed by atoms with E-state index in [-0.39, 0.29) is 41.8 Å². The van der Waals surface area contributed by atoms with Crippen LogP contribution in [0, 0.1) is 12.8 Å². The van der Waals surface area contributed by atoms with E-state index >= 15 is 0 Å². The maximum Gasteiger partial charge on any atom is 0.191 e. The first-order valence-electron chi connectivity index (χ1n) is 8.84. The fourth-order valence-corrected chi connectivity index (χ4v) is 4.64. The maximum atomic E-state index is 11.5. The third-order valence-electron chi connectivity index (χ3n) is 4.16. The Balaban J connectivity index is 0.00000338. The molecule has 1 aliphatic rings. The zero-order valence-corrected chi connectivity index (χ0v) is 18.8. The van der Waals surface area contributed by atoms with Crippen LogP contribution in [-0.4, -0.2) is 51.6 Å². The number of hydrogen-bond donors (Lipinski definition) is 2. The van der Waals surface area contributed by atoms with Crippen molar-refractivity contribution in [1.82, 2.24) is 10.6 Å². The molecule has 1 aromatic rings. The second kappa shape index (κ2) is 11.0. The minimum Gasteiger partial charge on any atom is -0.489 e. The van der Waals surface area contributed by atoms with Gasteiger partial charge in [0.05, 0.1) is 18.1 Å². The number of guanidine groups is 1. The summed E-state index contributed by atoms with van der Waals surface area (Å²) in [5, 5.41) is 6.44. The number of sulfone groups is 1. The van der Waals surface area contributed by atoms with Gasteiger partial charge < -0.3 is 15.4 Å². The second-order valence-corrected chi connectivity index (χ2v) is 8.79. The highest BCUT2D eigenvalue weighted by atomic mass is 127. The monoisotopic (exact) mass is 495 g/mol. The number of para-hydroxylation sites is 1.